The molecule has 0 radical (unpaired) electrons. The summed E-state index contributed by atoms with van der Waals surface area (Å²) in [5, 5.41) is 28.4. The summed E-state index contributed by atoms with van der Waals surface area (Å²) < 4.78 is 5.67. The molecule has 1 aromatic rings. The van der Waals surface area contributed by atoms with Crippen molar-refractivity contribution in [3.8, 4) is 11.5 Å². The highest BCUT2D eigenvalue weighted by Crippen LogP contribution is 2.28. The molecule has 5 heteroatoms. The molecule has 156 valence electrons. The van der Waals surface area contributed by atoms with Gasteiger partial charge in [-0.15, -0.1) is 0 Å². The van der Waals surface area contributed by atoms with E-state index in [0.717, 1.165) is 18.4 Å². The van der Waals surface area contributed by atoms with E-state index in [1.807, 2.05) is 12.1 Å². The molecule has 0 aromatic heterocycles. The van der Waals surface area contributed by atoms with Gasteiger partial charge < -0.3 is 25.8 Å². The summed E-state index contributed by atoms with van der Waals surface area (Å²) in [5.74, 6) is 0.607. The van der Waals surface area contributed by atoms with Crippen molar-refractivity contribution in [1.29, 1.82) is 0 Å². The molecule has 0 spiro atoms. The molecule has 1 rings (SSSR count). The van der Waals surface area contributed by atoms with Crippen LogP contribution in [0.2, 0.25) is 0 Å². The van der Waals surface area contributed by atoms with Crippen LogP contribution in [0, 0.1) is 0 Å². The molecule has 0 heterocycles. The number of aliphatic hydroxyl groups is 2. The van der Waals surface area contributed by atoms with Gasteiger partial charge in [0.05, 0.1) is 6.61 Å². The van der Waals surface area contributed by atoms with Crippen molar-refractivity contribution in [1.82, 2.24) is 0 Å². The maximum absolute atomic E-state index is 10.2. The average Bonchev–Trinajstić information content (AvgIpc) is 2.63. The predicted octanol–water partition coefficient (Wildman–Crippen LogP) is 3.92. The first kappa shape index (κ1) is 23.7. The number of nitrogens with two attached hydrogens (primary N) is 1. The predicted molar refractivity (Wildman–Crippen MR) is 110 cm³/mol. The lowest BCUT2D eigenvalue weighted by Crippen LogP contribution is -2.43. The van der Waals surface area contributed by atoms with Gasteiger partial charge in [-0.1, -0.05) is 51.5 Å². The molecular formula is C22H39NO4. The fraction of sp³-hybridized carbons (Fsp3) is 0.727. The summed E-state index contributed by atoms with van der Waals surface area (Å²) in [6.07, 6.45) is 11.2. The number of phenolic OH excluding ortho intramolecular Hbond substituents is 1. The monoisotopic (exact) mass is 381 g/mol. The van der Waals surface area contributed by atoms with E-state index in [0.29, 0.717) is 31.6 Å². The van der Waals surface area contributed by atoms with Crippen LogP contribution in [0.3, 0.4) is 0 Å². The van der Waals surface area contributed by atoms with Gasteiger partial charge in [-0.05, 0) is 49.8 Å². The highest BCUT2D eigenvalue weighted by Gasteiger charge is 2.23. The number of aromatic hydroxyl groups is 1. The Balaban J connectivity index is 2.35. The molecule has 0 amide bonds. The third kappa shape index (κ3) is 9.99. The van der Waals surface area contributed by atoms with Gasteiger partial charge in [0.1, 0.15) is 0 Å². The number of hydrogen-bond donors (Lipinski definition) is 4. The second-order valence-corrected chi connectivity index (χ2v) is 7.58. The summed E-state index contributed by atoms with van der Waals surface area (Å²) in [5.41, 5.74) is 6.67. The minimum absolute atomic E-state index is 0.0188. The molecule has 0 saturated heterocycles. The van der Waals surface area contributed by atoms with Crippen LogP contribution in [-0.4, -0.2) is 40.7 Å². The third-order valence-electron chi connectivity index (χ3n) is 5.17. The average molecular weight is 382 g/mol. The first-order chi connectivity index (χ1) is 13.0. The van der Waals surface area contributed by atoms with Crippen LogP contribution in [0.15, 0.2) is 18.2 Å². The van der Waals surface area contributed by atoms with Gasteiger partial charge in [-0.2, -0.15) is 0 Å². The maximum Gasteiger partial charge on any atom is 0.160 e. The first-order valence-corrected chi connectivity index (χ1v) is 10.5. The zero-order valence-electron chi connectivity index (χ0n) is 17.0. The van der Waals surface area contributed by atoms with Gasteiger partial charge in [0, 0.05) is 18.8 Å². The lowest BCUT2D eigenvalue weighted by atomic mass is 9.90. The van der Waals surface area contributed by atoms with Crippen LogP contribution < -0.4 is 10.5 Å². The Bertz CT molecular complexity index is 501. The number of phenols is 1. The van der Waals surface area contributed by atoms with Gasteiger partial charge in [-0.3, -0.25) is 0 Å². The largest absolute Gasteiger partial charge is 0.504 e. The Morgan fingerprint density at radius 3 is 2.15 bits per heavy atom. The number of benzene rings is 1. The van der Waals surface area contributed by atoms with E-state index >= 15 is 0 Å². The van der Waals surface area contributed by atoms with Crippen molar-refractivity contribution in [2.24, 2.45) is 5.73 Å². The fourth-order valence-electron chi connectivity index (χ4n) is 3.31. The number of unbranched alkanes of at least 4 members (excludes halogenated alkanes) is 6. The Hall–Kier alpha value is -1.30. The van der Waals surface area contributed by atoms with Crippen LogP contribution >= 0.6 is 0 Å². The molecule has 1 aromatic carbocycles. The van der Waals surface area contributed by atoms with Crippen molar-refractivity contribution in [2.75, 3.05) is 19.8 Å². The minimum atomic E-state index is -0.643. The van der Waals surface area contributed by atoms with Crippen molar-refractivity contribution >= 4 is 0 Å². The quantitative estimate of drug-likeness (QED) is 0.326. The number of aryl methyl sites for hydroxylation is 1. The summed E-state index contributed by atoms with van der Waals surface area (Å²) in [6, 6.07) is 5.59. The Morgan fingerprint density at radius 1 is 0.926 bits per heavy atom. The molecule has 27 heavy (non-hydrogen) atoms. The number of aliphatic hydroxyl groups excluding tert-OH is 2. The van der Waals surface area contributed by atoms with Crippen LogP contribution in [0.5, 0.6) is 11.5 Å². The molecule has 0 fully saturated rings. The molecule has 0 aliphatic heterocycles. The molecule has 5 N–H and O–H groups in total. The Labute approximate surface area is 164 Å². The lowest BCUT2D eigenvalue weighted by Gasteiger charge is -2.28. The number of hydrogen-bond acceptors (Lipinski definition) is 5. The highest BCUT2D eigenvalue weighted by molar-refractivity contribution is 5.41. The number of rotatable bonds is 16. The summed E-state index contributed by atoms with van der Waals surface area (Å²) in [4.78, 5) is 0. The normalized spacial score (nSPS) is 11.7. The molecular weight excluding hydrogens is 342 g/mol. The second kappa shape index (κ2) is 13.8. The SMILES string of the molecule is CCCCCCCCCc1ccc(OCCC(N)(CCO)CCO)c(O)c1. The van der Waals surface area contributed by atoms with E-state index < -0.39 is 5.54 Å². The summed E-state index contributed by atoms with van der Waals surface area (Å²) in [7, 11) is 0. The minimum Gasteiger partial charge on any atom is -0.504 e. The standard InChI is InChI=1S/C22H39NO4/c1-2-3-4-5-6-7-8-9-19-10-11-21(20(26)18-19)27-17-14-22(23,12-15-24)13-16-25/h10-11,18,24-26H,2-9,12-17,23H2,1H3. The van der Waals surface area contributed by atoms with Gasteiger partial charge in [0.2, 0.25) is 0 Å². The second-order valence-electron chi connectivity index (χ2n) is 7.58. The van der Waals surface area contributed by atoms with Crippen molar-refractivity contribution in [2.45, 2.75) is 83.1 Å². The van der Waals surface area contributed by atoms with E-state index in [1.54, 1.807) is 6.07 Å². The highest BCUT2D eigenvalue weighted by atomic mass is 16.5. The number of ether oxygens (including phenoxy) is 1. The molecule has 0 unspecified atom stereocenters. The van der Waals surface area contributed by atoms with Crippen molar-refractivity contribution in [3.63, 3.8) is 0 Å². The van der Waals surface area contributed by atoms with Gasteiger partial charge >= 0.3 is 0 Å². The topological polar surface area (TPSA) is 95.9 Å². The van der Waals surface area contributed by atoms with E-state index in [1.165, 1.54) is 38.5 Å². The lowest BCUT2D eigenvalue weighted by molar-refractivity contribution is 0.164. The fourth-order valence-corrected chi connectivity index (χ4v) is 3.31. The smallest absolute Gasteiger partial charge is 0.160 e. The first-order valence-electron chi connectivity index (χ1n) is 10.5. The molecule has 0 aliphatic rings. The molecule has 5 nitrogen and oxygen atoms in total. The van der Waals surface area contributed by atoms with Gasteiger partial charge in [0.25, 0.3) is 0 Å². The van der Waals surface area contributed by atoms with E-state index in [4.69, 9.17) is 20.7 Å². The Kier molecular flexibility index (Phi) is 12.1. The molecule has 0 bridgehead atoms. The van der Waals surface area contributed by atoms with Gasteiger partial charge in [0.15, 0.2) is 11.5 Å². The zero-order valence-corrected chi connectivity index (χ0v) is 17.0. The Morgan fingerprint density at radius 2 is 1.56 bits per heavy atom. The molecule has 0 aliphatic carbocycles. The maximum atomic E-state index is 10.2. The van der Waals surface area contributed by atoms with Crippen molar-refractivity contribution < 1.29 is 20.1 Å². The summed E-state index contributed by atoms with van der Waals surface area (Å²) >= 11 is 0. The van der Waals surface area contributed by atoms with E-state index in [9.17, 15) is 5.11 Å². The van der Waals surface area contributed by atoms with Crippen LogP contribution in [0.25, 0.3) is 0 Å². The van der Waals surface area contributed by atoms with Gasteiger partial charge in [-0.25, -0.2) is 0 Å². The van der Waals surface area contributed by atoms with E-state index in [2.05, 4.69) is 6.92 Å². The molecule has 0 atom stereocenters. The summed E-state index contributed by atoms with van der Waals surface area (Å²) in [6.45, 7) is 2.53. The third-order valence-corrected chi connectivity index (χ3v) is 5.17. The van der Waals surface area contributed by atoms with Crippen LogP contribution in [0.1, 0.15) is 76.7 Å². The van der Waals surface area contributed by atoms with Crippen LogP contribution in [0.4, 0.5) is 0 Å². The van der Waals surface area contributed by atoms with E-state index in [-0.39, 0.29) is 19.0 Å². The zero-order chi connectivity index (χ0) is 20.0. The van der Waals surface area contributed by atoms with Crippen molar-refractivity contribution in [3.05, 3.63) is 23.8 Å². The molecule has 0 saturated carbocycles. The van der Waals surface area contributed by atoms with Crippen LogP contribution in [-0.2, 0) is 6.42 Å².